The summed E-state index contributed by atoms with van der Waals surface area (Å²) < 4.78 is 0. The predicted octanol–water partition coefficient (Wildman–Crippen LogP) is 1.91. The number of rotatable bonds is 5. The molecule has 0 amide bonds. The number of nitrogens with one attached hydrogen (secondary N) is 1. The molecule has 1 aromatic carbocycles. The Balaban J connectivity index is 0.00000200. The van der Waals surface area contributed by atoms with E-state index in [0.717, 1.165) is 13.0 Å². The van der Waals surface area contributed by atoms with Crippen molar-refractivity contribution in [2.75, 3.05) is 27.2 Å². The fourth-order valence-corrected chi connectivity index (χ4v) is 2.07. The first-order chi connectivity index (χ1) is 9.09. The van der Waals surface area contributed by atoms with Crippen LogP contribution in [0.15, 0.2) is 36.0 Å². The van der Waals surface area contributed by atoms with Gasteiger partial charge in [0.2, 0.25) is 5.78 Å². The van der Waals surface area contributed by atoms with Crippen molar-refractivity contribution in [2.45, 2.75) is 6.42 Å². The average Bonchev–Trinajstić information content (AvgIpc) is 2.40. The summed E-state index contributed by atoms with van der Waals surface area (Å²) in [5, 5.41) is 3.06. The SMILES string of the molecule is CN(C)CCCNC1=CC(=O)c2ccccc2C1=O.Cl. The third-order valence-electron chi connectivity index (χ3n) is 3.05. The minimum absolute atomic E-state index is 0. The molecule has 0 aromatic heterocycles. The Morgan fingerprint density at radius 3 is 2.40 bits per heavy atom. The number of benzene rings is 1. The average molecular weight is 295 g/mol. The third kappa shape index (κ3) is 3.68. The molecule has 20 heavy (non-hydrogen) atoms. The predicted molar refractivity (Wildman–Crippen MR) is 81.6 cm³/mol. The number of carbonyl (C=O) groups excluding carboxylic acids is 2. The molecule has 0 atom stereocenters. The second-order valence-electron chi connectivity index (χ2n) is 4.88. The van der Waals surface area contributed by atoms with Crippen LogP contribution in [-0.4, -0.2) is 43.7 Å². The van der Waals surface area contributed by atoms with Crippen LogP contribution in [0.1, 0.15) is 27.1 Å². The van der Waals surface area contributed by atoms with Crippen molar-refractivity contribution in [3.05, 3.63) is 47.2 Å². The normalized spacial score (nSPS) is 13.7. The number of nitrogens with zero attached hydrogens (tertiary/aromatic N) is 1. The molecule has 2 rings (SSSR count). The minimum atomic E-state index is -0.106. The van der Waals surface area contributed by atoms with Gasteiger partial charge in [0.15, 0.2) is 5.78 Å². The van der Waals surface area contributed by atoms with Crippen LogP contribution in [-0.2, 0) is 0 Å². The number of allylic oxidation sites excluding steroid dienone is 2. The van der Waals surface area contributed by atoms with Crippen LogP contribution in [0.4, 0.5) is 0 Å². The minimum Gasteiger partial charge on any atom is -0.382 e. The Labute approximate surface area is 125 Å². The van der Waals surface area contributed by atoms with E-state index in [0.29, 0.717) is 23.4 Å². The lowest BCUT2D eigenvalue weighted by molar-refractivity contribution is 0.0978. The van der Waals surface area contributed by atoms with E-state index in [1.54, 1.807) is 24.3 Å². The van der Waals surface area contributed by atoms with Crippen molar-refractivity contribution in [1.29, 1.82) is 0 Å². The third-order valence-corrected chi connectivity index (χ3v) is 3.05. The first-order valence-corrected chi connectivity index (χ1v) is 6.38. The van der Waals surface area contributed by atoms with Gasteiger partial charge in [0.05, 0.1) is 5.70 Å². The molecule has 4 nitrogen and oxygen atoms in total. The highest BCUT2D eigenvalue weighted by Gasteiger charge is 2.24. The first kappa shape index (κ1) is 16.4. The molecule has 0 saturated heterocycles. The second kappa shape index (κ2) is 7.22. The fourth-order valence-electron chi connectivity index (χ4n) is 2.07. The number of ketones is 2. The summed E-state index contributed by atoms with van der Waals surface area (Å²) in [5.41, 5.74) is 1.39. The molecule has 108 valence electrons. The Hall–Kier alpha value is -1.65. The molecular formula is C15H19ClN2O2. The second-order valence-corrected chi connectivity index (χ2v) is 4.88. The highest BCUT2D eigenvalue weighted by Crippen LogP contribution is 2.19. The smallest absolute Gasteiger partial charge is 0.209 e. The van der Waals surface area contributed by atoms with E-state index < -0.39 is 0 Å². The number of Topliss-reactive ketones (excluding diaryl/α,β-unsaturated/α-hetero) is 1. The lowest BCUT2D eigenvalue weighted by atomic mass is 9.93. The topological polar surface area (TPSA) is 49.4 Å². The van der Waals surface area contributed by atoms with Crippen LogP contribution in [0.5, 0.6) is 0 Å². The van der Waals surface area contributed by atoms with Crippen LogP contribution < -0.4 is 5.32 Å². The van der Waals surface area contributed by atoms with Crippen LogP contribution in [0.3, 0.4) is 0 Å². The highest BCUT2D eigenvalue weighted by atomic mass is 35.5. The van der Waals surface area contributed by atoms with E-state index in [2.05, 4.69) is 10.2 Å². The van der Waals surface area contributed by atoms with E-state index in [9.17, 15) is 9.59 Å². The van der Waals surface area contributed by atoms with Gasteiger partial charge in [-0.05, 0) is 27.1 Å². The standard InChI is InChI=1S/C15H18N2O2.ClH/c1-17(2)9-5-8-16-13-10-14(18)11-6-3-4-7-12(11)15(13)19;/h3-4,6-7,10,16H,5,8-9H2,1-2H3;1H. The zero-order chi connectivity index (χ0) is 13.8. The van der Waals surface area contributed by atoms with Crippen molar-refractivity contribution in [3.63, 3.8) is 0 Å². The van der Waals surface area contributed by atoms with Crippen LogP contribution >= 0.6 is 12.4 Å². The monoisotopic (exact) mass is 294 g/mol. The fraction of sp³-hybridized carbons (Fsp3) is 0.333. The largest absolute Gasteiger partial charge is 0.382 e. The quantitative estimate of drug-likeness (QED) is 0.843. The van der Waals surface area contributed by atoms with Gasteiger partial charge in [0.25, 0.3) is 0 Å². The Morgan fingerprint density at radius 1 is 1.10 bits per heavy atom. The van der Waals surface area contributed by atoms with E-state index in [1.807, 2.05) is 14.1 Å². The molecule has 0 spiro atoms. The maximum absolute atomic E-state index is 12.2. The first-order valence-electron chi connectivity index (χ1n) is 6.38. The molecule has 0 saturated carbocycles. The van der Waals surface area contributed by atoms with Crippen molar-refractivity contribution in [3.8, 4) is 0 Å². The maximum atomic E-state index is 12.2. The van der Waals surface area contributed by atoms with Crippen molar-refractivity contribution in [2.24, 2.45) is 0 Å². The molecule has 1 N–H and O–H groups in total. The summed E-state index contributed by atoms with van der Waals surface area (Å²) in [4.78, 5) is 26.2. The summed E-state index contributed by atoms with van der Waals surface area (Å²) in [6.45, 7) is 1.63. The molecule has 5 heteroatoms. The number of fused-ring (bicyclic) bond motifs is 1. The van der Waals surface area contributed by atoms with Gasteiger partial charge in [-0.25, -0.2) is 0 Å². The van der Waals surface area contributed by atoms with E-state index in [4.69, 9.17) is 0 Å². The van der Waals surface area contributed by atoms with Crippen LogP contribution in [0.2, 0.25) is 0 Å². The highest BCUT2D eigenvalue weighted by molar-refractivity contribution is 6.24. The summed E-state index contributed by atoms with van der Waals surface area (Å²) in [6, 6.07) is 6.94. The molecule has 0 heterocycles. The molecule has 0 bridgehead atoms. The van der Waals surface area contributed by atoms with Crippen molar-refractivity contribution in [1.82, 2.24) is 10.2 Å². The van der Waals surface area contributed by atoms with E-state index in [1.165, 1.54) is 6.08 Å². The molecule has 0 fully saturated rings. The number of hydrogen-bond acceptors (Lipinski definition) is 4. The molecule has 0 aliphatic heterocycles. The number of halogens is 1. The lowest BCUT2D eigenvalue weighted by Crippen LogP contribution is -2.28. The van der Waals surface area contributed by atoms with Gasteiger partial charge in [0.1, 0.15) is 0 Å². The lowest BCUT2D eigenvalue weighted by Gasteiger charge is -2.17. The molecule has 0 radical (unpaired) electrons. The summed E-state index contributed by atoms with van der Waals surface area (Å²) in [6.07, 6.45) is 2.33. The molecule has 1 aliphatic rings. The summed E-state index contributed by atoms with van der Waals surface area (Å²) >= 11 is 0. The zero-order valence-electron chi connectivity index (χ0n) is 11.7. The molecule has 0 unspecified atom stereocenters. The molecule has 1 aliphatic carbocycles. The van der Waals surface area contributed by atoms with Crippen molar-refractivity contribution < 1.29 is 9.59 Å². The van der Waals surface area contributed by atoms with Crippen LogP contribution in [0.25, 0.3) is 0 Å². The van der Waals surface area contributed by atoms with Gasteiger partial charge in [-0.15, -0.1) is 12.4 Å². The van der Waals surface area contributed by atoms with Crippen molar-refractivity contribution >= 4 is 24.0 Å². The molecular weight excluding hydrogens is 276 g/mol. The van der Waals surface area contributed by atoms with Gasteiger partial charge in [-0.1, -0.05) is 24.3 Å². The maximum Gasteiger partial charge on any atom is 0.209 e. The van der Waals surface area contributed by atoms with Gasteiger partial charge in [-0.2, -0.15) is 0 Å². The Morgan fingerprint density at radius 2 is 1.75 bits per heavy atom. The number of carbonyl (C=O) groups is 2. The van der Waals surface area contributed by atoms with E-state index in [-0.39, 0.29) is 24.0 Å². The van der Waals surface area contributed by atoms with Gasteiger partial charge in [-0.3, -0.25) is 9.59 Å². The summed E-state index contributed by atoms with van der Waals surface area (Å²) in [5.74, 6) is -0.203. The Bertz CT molecular complexity index is 538. The van der Waals surface area contributed by atoms with Crippen LogP contribution in [0, 0.1) is 0 Å². The summed E-state index contributed by atoms with van der Waals surface area (Å²) in [7, 11) is 4.01. The van der Waals surface area contributed by atoms with E-state index >= 15 is 0 Å². The Kier molecular flexibility index (Phi) is 5.92. The molecule has 1 aromatic rings. The van der Waals surface area contributed by atoms with Gasteiger partial charge in [0, 0.05) is 23.7 Å². The zero-order valence-corrected chi connectivity index (χ0v) is 12.5. The number of hydrogen-bond donors (Lipinski definition) is 1. The van der Waals surface area contributed by atoms with Gasteiger partial charge < -0.3 is 10.2 Å². The van der Waals surface area contributed by atoms with Gasteiger partial charge >= 0.3 is 0 Å².